The standard InChI is InChI=1S/C10H16N6O2S/c1-2-18-9-13-8(16-11)14-10(15-9)19-5-7(17)12-6-3-4-6/h6H,2-5,11H2,1H3,(H,12,17)(H,13,14,15,16). The zero-order valence-electron chi connectivity index (χ0n) is 10.5. The number of carbonyl (C=O) groups is 1. The second-order valence-corrected chi connectivity index (χ2v) is 4.87. The molecule has 104 valence electrons. The molecule has 2 rings (SSSR count). The number of nitrogens with two attached hydrogens (primary N) is 1. The zero-order valence-corrected chi connectivity index (χ0v) is 11.4. The summed E-state index contributed by atoms with van der Waals surface area (Å²) < 4.78 is 5.20. The smallest absolute Gasteiger partial charge is 0.322 e. The lowest BCUT2D eigenvalue weighted by Gasteiger charge is -2.06. The third kappa shape index (κ3) is 4.52. The van der Waals surface area contributed by atoms with Crippen molar-refractivity contribution in [3.63, 3.8) is 0 Å². The van der Waals surface area contributed by atoms with E-state index in [1.807, 2.05) is 6.92 Å². The molecule has 1 fully saturated rings. The van der Waals surface area contributed by atoms with Crippen molar-refractivity contribution in [3.05, 3.63) is 0 Å². The van der Waals surface area contributed by atoms with Gasteiger partial charge in [-0.05, 0) is 19.8 Å². The first-order chi connectivity index (χ1) is 9.21. The van der Waals surface area contributed by atoms with Gasteiger partial charge in [-0.25, -0.2) is 5.84 Å². The number of nitrogen functional groups attached to an aromatic ring is 1. The number of aromatic nitrogens is 3. The Hall–Kier alpha value is -1.61. The highest BCUT2D eigenvalue weighted by molar-refractivity contribution is 7.99. The van der Waals surface area contributed by atoms with Crippen LogP contribution in [0.2, 0.25) is 0 Å². The van der Waals surface area contributed by atoms with Crippen LogP contribution in [-0.4, -0.2) is 39.3 Å². The van der Waals surface area contributed by atoms with Crippen LogP contribution in [0.15, 0.2) is 5.16 Å². The highest BCUT2D eigenvalue weighted by Crippen LogP contribution is 2.20. The summed E-state index contributed by atoms with van der Waals surface area (Å²) >= 11 is 1.22. The summed E-state index contributed by atoms with van der Waals surface area (Å²) in [7, 11) is 0. The fraction of sp³-hybridized carbons (Fsp3) is 0.600. The minimum atomic E-state index is -0.0203. The summed E-state index contributed by atoms with van der Waals surface area (Å²) in [5, 5.41) is 3.29. The van der Waals surface area contributed by atoms with E-state index in [-0.39, 0.29) is 23.6 Å². The predicted molar refractivity (Wildman–Crippen MR) is 70.7 cm³/mol. The van der Waals surface area contributed by atoms with E-state index in [2.05, 4.69) is 25.7 Å². The van der Waals surface area contributed by atoms with Gasteiger partial charge in [0, 0.05) is 6.04 Å². The Morgan fingerprint density at radius 3 is 2.89 bits per heavy atom. The molecule has 1 aromatic rings. The molecule has 1 aliphatic rings. The normalized spacial score (nSPS) is 14.0. The summed E-state index contributed by atoms with van der Waals surface area (Å²) in [5.41, 5.74) is 2.34. The largest absolute Gasteiger partial charge is 0.464 e. The average Bonchev–Trinajstić information content (AvgIpc) is 3.20. The van der Waals surface area contributed by atoms with Crippen LogP contribution in [0.4, 0.5) is 5.95 Å². The van der Waals surface area contributed by atoms with Gasteiger partial charge in [0.2, 0.25) is 11.9 Å². The van der Waals surface area contributed by atoms with E-state index in [1.54, 1.807) is 0 Å². The van der Waals surface area contributed by atoms with Crippen molar-refractivity contribution in [1.82, 2.24) is 20.3 Å². The third-order valence-corrected chi connectivity index (χ3v) is 3.12. The molecule has 0 spiro atoms. The van der Waals surface area contributed by atoms with Crippen molar-refractivity contribution in [2.45, 2.75) is 31.0 Å². The molecule has 0 aliphatic heterocycles. The Bertz CT molecular complexity index is 454. The van der Waals surface area contributed by atoms with E-state index < -0.39 is 0 Å². The van der Waals surface area contributed by atoms with Crippen LogP contribution in [0.1, 0.15) is 19.8 Å². The Labute approximate surface area is 114 Å². The first kappa shape index (κ1) is 13.8. The van der Waals surface area contributed by atoms with Gasteiger partial charge in [-0.2, -0.15) is 15.0 Å². The van der Waals surface area contributed by atoms with Gasteiger partial charge in [0.05, 0.1) is 12.4 Å². The lowest BCUT2D eigenvalue weighted by molar-refractivity contribution is -0.118. The number of hydrogen-bond donors (Lipinski definition) is 3. The number of anilines is 1. The Balaban J connectivity index is 1.93. The van der Waals surface area contributed by atoms with Crippen molar-refractivity contribution in [2.75, 3.05) is 17.8 Å². The van der Waals surface area contributed by atoms with Crippen molar-refractivity contribution < 1.29 is 9.53 Å². The highest BCUT2D eigenvalue weighted by Gasteiger charge is 2.23. The molecule has 0 saturated heterocycles. The van der Waals surface area contributed by atoms with Gasteiger partial charge in [0.15, 0.2) is 5.16 Å². The lowest BCUT2D eigenvalue weighted by atomic mass is 10.6. The monoisotopic (exact) mass is 284 g/mol. The minimum absolute atomic E-state index is 0.0203. The van der Waals surface area contributed by atoms with Gasteiger partial charge in [-0.1, -0.05) is 11.8 Å². The summed E-state index contributed by atoms with van der Waals surface area (Å²) in [4.78, 5) is 23.6. The summed E-state index contributed by atoms with van der Waals surface area (Å²) in [6.45, 7) is 2.27. The van der Waals surface area contributed by atoms with Gasteiger partial charge < -0.3 is 10.1 Å². The number of ether oxygens (including phenoxy) is 1. The van der Waals surface area contributed by atoms with Gasteiger partial charge >= 0.3 is 6.01 Å². The molecule has 0 aromatic carbocycles. The number of hydrazine groups is 1. The van der Waals surface area contributed by atoms with Gasteiger partial charge in [0.1, 0.15) is 0 Å². The molecule has 1 amide bonds. The van der Waals surface area contributed by atoms with E-state index >= 15 is 0 Å². The fourth-order valence-corrected chi connectivity index (χ4v) is 1.93. The van der Waals surface area contributed by atoms with Gasteiger partial charge in [-0.15, -0.1) is 0 Å². The average molecular weight is 284 g/mol. The lowest BCUT2D eigenvalue weighted by Crippen LogP contribution is -2.27. The van der Waals surface area contributed by atoms with Crippen LogP contribution < -0.4 is 21.3 Å². The fourth-order valence-electron chi connectivity index (χ4n) is 1.29. The number of thioether (sulfide) groups is 1. The first-order valence-corrected chi connectivity index (χ1v) is 6.97. The molecule has 19 heavy (non-hydrogen) atoms. The zero-order chi connectivity index (χ0) is 13.7. The van der Waals surface area contributed by atoms with Crippen molar-refractivity contribution >= 4 is 23.6 Å². The second kappa shape index (κ2) is 6.53. The van der Waals surface area contributed by atoms with E-state index in [0.29, 0.717) is 17.8 Å². The molecule has 4 N–H and O–H groups in total. The molecule has 1 aromatic heterocycles. The van der Waals surface area contributed by atoms with Gasteiger partial charge in [-0.3, -0.25) is 10.2 Å². The predicted octanol–water partition coefficient (Wildman–Crippen LogP) is -0.0734. The Morgan fingerprint density at radius 1 is 1.47 bits per heavy atom. The van der Waals surface area contributed by atoms with Crippen LogP contribution in [-0.2, 0) is 4.79 Å². The molecule has 1 heterocycles. The SMILES string of the molecule is CCOc1nc(NN)nc(SCC(=O)NC2CC2)n1. The molecule has 9 heteroatoms. The minimum Gasteiger partial charge on any atom is -0.464 e. The Morgan fingerprint density at radius 2 is 2.26 bits per heavy atom. The molecular formula is C10H16N6O2S. The van der Waals surface area contributed by atoms with E-state index in [9.17, 15) is 4.79 Å². The summed E-state index contributed by atoms with van der Waals surface area (Å²) in [6.07, 6.45) is 2.13. The maximum Gasteiger partial charge on any atom is 0.322 e. The molecule has 1 aliphatic carbocycles. The number of nitrogens with zero attached hydrogens (tertiary/aromatic N) is 3. The quantitative estimate of drug-likeness (QED) is 0.362. The second-order valence-electron chi connectivity index (χ2n) is 3.93. The van der Waals surface area contributed by atoms with Crippen LogP contribution in [0.5, 0.6) is 6.01 Å². The Kier molecular flexibility index (Phi) is 4.74. The molecule has 0 radical (unpaired) electrons. The summed E-state index contributed by atoms with van der Waals surface area (Å²) in [5.74, 6) is 5.72. The highest BCUT2D eigenvalue weighted by atomic mass is 32.2. The van der Waals surface area contributed by atoms with Gasteiger partial charge in [0.25, 0.3) is 0 Å². The van der Waals surface area contributed by atoms with Crippen molar-refractivity contribution in [1.29, 1.82) is 0 Å². The molecule has 0 atom stereocenters. The molecule has 0 bridgehead atoms. The summed E-state index contributed by atoms with van der Waals surface area (Å²) in [6, 6.07) is 0.544. The van der Waals surface area contributed by atoms with E-state index in [1.165, 1.54) is 11.8 Å². The maximum atomic E-state index is 11.6. The van der Waals surface area contributed by atoms with Crippen LogP contribution in [0.25, 0.3) is 0 Å². The van der Waals surface area contributed by atoms with Crippen LogP contribution in [0.3, 0.4) is 0 Å². The van der Waals surface area contributed by atoms with E-state index in [0.717, 1.165) is 12.8 Å². The number of rotatable bonds is 7. The van der Waals surface area contributed by atoms with Crippen molar-refractivity contribution in [2.24, 2.45) is 5.84 Å². The third-order valence-electron chi connectivity index (χ3n) is 2.27. The first-order valence-electron chi connectivity index (χ1n) is 5.99. The van der Waals surface area contributed by atoms with E-state index in [4.69, 9.17) is 10.6 Å². The molecule has 0 unspecified atom stereocenters. The number of nitrogens with one attached hydrogen (secondary N) is 2. The molecular weight excluding hydrogens is 268 g/mol. The van der Waals surface area contributed by atoms with Crippen LogP contribution >= 0.6 is 11.8 Å². The van der Waals surface area contributed by atoms with Crippen LogP contribution in [0, 0.1) is 0 Å². The molecule has 1 saturated carbocycles. The molecule has 8 nitrogen and oxygen atoms in total. The number of amides is 1. The number of carbonyl (C=O) groups excluding carboxylic acids is 1. The maximum absolute atomic E-state index is 11.6. The number of hydrogen-bond acceptors (Lipinski definition) is 8. The topological polar surface area (TPSA) is 115 Å². The van der Waals surface area contributed by atoms with Crippen molar-refractivity contribution in [3.8, 4) is 6.01 Å².